The maximum Gasteiger partial charge on any atom is 0.283 e. The van der Waals surface area contributed by atoms with E-state index in [4.69, 9.17) is 0 Å². The summed E-state index contributed by atoms with van der Waals surface area (Å²) in [6.07, 6.45) is -0.711. The van der Waals surface area contributed by atoms with E-state index in [1.807, 2.05) is 13.8 Å². The normalized spacial score (nSPS) is 12.7. The molecule has 0 amide bonds. The van der Waals surface area contributed by atoms with Crippen LogP contribution in [0.4, 0.5) is 5.69 Å². The van der Waals surface area contributed by atoms with Crippen LogP contribution in [0.1, 0.15) is 25.5 Å². The van der Waals surface area contributed by atoms with Gasteiger partial charge in [-0.3, -0.25) is 10.1 Å². The molecule has 0 aromatic heterocycles. The molecule has 5 nitrogen and oxygen atoms in total. The van der Waals surface area contributed by atoms with E-state index in [0.717, 1.165) is 13.1 Å². The van der Waals surface area contributed by atoms with Gasteiger partial charge in [0.1, 0.15) is 0 Å². The predicted octanol–water partition coefficient (Wildman–Crippen LogP) is 2.73. The number of rotatable bonds is 6. The zero-order valence-corrected chi connectivity index (χ0v) is 12.1. The lowest BCUT2D eigenvalue weighted by atomic mass is 10.1. The number of benzene rings is 1. The third-order valence-electron chi connectivity index (χ3n) is 2.88. The summed E-state index contributed by atoms with van der Waals surface area (Å²) in [6.45, 7) is 6.19. The minimum atomic E-state index is -0.711. The van der Waals surface area contributed by atoms with Gasteiger partial charge in [-0.05, 0) is 40.6 Å². The molecule has 1 N–H and O–H groups in total. The van der Waals surface area contributed by atoms with Gasteiger partial charge >= 0.3 is 0 Å². The van der Waals surface area contributed by atoms with Crippen LogP contribution in [-0.2, 0) is 0 Å². The molecule has 0 bridgehead atoms. The quantitative estimate of drug-likeness (QED) is 0.647. The van der Waals surface area contributed by atoms with Crippen LogP contribution in [-0.4, -0.2) is 34.6 Å². The molecule has 1 aromatic rings. The molecule has 0 fully saturated rings. The minimum absolute atomic E-state index is 0.0221. The van der Waals surface area contributed by atoms with Crippen molar-refractivity contribution >= 4 is 21.6 Å². The molecule has 0 spiro atoms. The number of likely N-dealkylation sites (N-methyl/N-ethyl adjacent to an activating group) is 1. The molecule has 0 saturated heterocycles. The molecular formula is C12H17BrN2O3. The van der Waals surface area contributed by atoms with Crippen LogP contribution in [0.3, 0.4) is 0 Å². The Hall–Kier alpha value is -0.980. The number of nitrogens with zero attached hydrogens (tertiary/aromatic N) is 2. The monoisotopic (exact) mass is 316 g/mol. The number of hydrogen-bond donors (Lipinski definition) is 1. The van der Waals surface area contributed by atoms with E-state index in [9.17, 15) is 15.2 Å². The Labute approximate surface area is 115 Å². The molecule has 0 aliphatic rings. The Bertz CT molecular complexity index is 422. The van der Waals surface area contributed by atoms with Crippen LogP contribution in [0, 0.1) is 10.1 Å². The summed E-state index contributed by atoms with van der Waals surface area (Å²) in [6, 6.07) is 4.71. The van der Waals surface area contributed by atoms with Gasteiger partial charge in [0.05, 0.1) is 15.5 Å². The number of nitro groups is 1. The number of aliphatic hydroxyl groups excluding tert-OH is 1. The molecule has 0 aliphatic heterocycles. The van der Waals surface area contributed by atoms with E-state index >= 15 is 0 Å². The van der Waals surface area contributed by atoms with Crippen molar-refractivity contribution in [3.05, 3.63) is 38.3 Å². The zero-order valence-electron chi connectivity index (χ0n) is 10.5. The first-order chi connectivity index (χ1) is 8.49. The molecule has 0 aliphatic carbocycles. The Morgan fingerprint density at radius 3 is 2.56 bits per heavy atom. The summed E-state index contributed by atoms with van der Waals surface area (Å²) in [4.78, 5) is 12.4. The van der Waals surface area contributed by atoms with Crippen molar-refractivity contribution in [3.63, 3.8) is 0 Å². The van der Waals surface area contributed by atoms with Crippen molar-refractivity contribution < 1.29 is 10.0 Å². The highest BCUT2D eigenvalue weighted by Crippen LogP contribution is 2.28. The SMILES string of the molecule is CCN(CC)CC(O)c1ccc(Br)c([N+](=O)[O-])c1. The van der Waals surface area contributed by atoms with E-state index in [1.165, 1.54) is 6.07 Å². The zero-order chi connectivity index (χ0) is 13.7. The molecule has 100 valence electrons. The largest absolute Gasteiger partial charge is 0.387 e. The Kier molecular flexibility index (Phi) is 5.71. The third-order valence-corrected chi connectivity index (χ3v) is 3.55. The first-order valence-corrected chi connectivity index (χ1v) is 6.63. The lowest BCUT2D eigenvalue weighted by molar-refractivity contribution is -0.385. The number of hydrogen-bond acceptors (Lipinski definition) is 4. The fourth-order valence-corrected chi connectivity index (χ4v) is 2.10. The van der Waals surface area contributed by atoms with Crippen LogP contribution in [0.5, 0.6) is 0 Å². The molecule has 0 heterocycles. The van der Waals surface area contributed by atoms with Crippen molar-refractivity contribution in [1.82, 2.24) is 4.90 Å². The van der Waals surface area contributed by atoms with Gasteiger partial charge in [-0.1, -0.05) is 19.9 Å². The average molecular weight is 317 g/mol. The van der Waals surface area contributed by atoms with Crippen molar-refractivity contribution in [2.75, 3.05) is 19.6 Å². The van der Waals surface area contributed by atoms with Gasteiger partial charge in [0, 0.05) is 12.6 Å². The molecule has 6 heteroatoms. The third kappa shape index (κ3) is 3.76. The van der Waals surface area contributed by atoms with Crippen molar-refractivity contribution in [3.8, 4) is 0 Å². The Morgan fingerprint density at radius 1 is 1.44 bits per heavy atom. The van der Waals surface area contributed by atoms with Gasteiger partial charge in [-0.15, -0.1) is 0 Å². The molecule has 1 unspecified atom stereocenters. The van der Waals surface area contributed by atoms with Crippen molar-refractivity contribution in [2.24, 2.45) is 0 Å². The van der Waals surface area contributed by atoms with E-state index in [2.05, 4.69) is 20.8 Å². The molecule has 1 atom stereocenters. The summed E-state index contributed by atoms with van der Waals surface area (Å²) >= 11 is 3.12. The molecule has 0 saturated carbocycles. The van der Waals surface area contributed by atoms with Gasteiger partial charge in [-0.2, -0.15) is 0 Å². The average Bonchev–Trinajstić information content (AvgIpc) is 2.35. The first kappa shape index (κ1) is 15.1. The van der Waals surface area contributed by atoms with Gasteiger partial charge in [-0.25, -0.2) is 0 Å². The lowest BCUT2D eigenvalue weighted by Gasteiger charge is -2.22. The molecular weight excluding hydrogens is 300 g/mol. The molecule has 1 aromatic carbocycles. The van der Waals surface area contributed by atoms with Gasteiger partial charge < -0.3 is 10.0 Å². The van der Waals surface area contributed by atoms with Gasteiger partial charge in [0.25, 0.3) is 5.69 Å². The van der Waals surface area contributed by atoms with Crippen LogP contribution in [0.25, 0.3) is 0 Å². The predicted molar refractivity (Wildman–Crippen MR) is 73.5 cm³/mol. The summed E-state index contributed by atoms with van der Waals surface area (Å²) in [5, 5.41) is 20.9. The van der Waals surface area contributed by atoms with E-state index < -0.39 is 11.0 Å². The number of aliphatic hydroxyl groups is 1. The Morgan fingerprint density at radius 2 is 2.06 bits per heavy atom. The highest BCUT2D eigenvalue weighted by Gasteiger charge is 2.17. The maximum absolute atomic E-state index is 10.8. The second-order valence-corrected chi connectivity index (χ2v) is 4.82. The highest BCUT2D eigenvalue weighted by molar-refractivity contribution is 9.10. The second-order valence-electron chi connectivity index (χ2n) is 3.97. The molecule has 18 heavy (non-hydrogen) atoms. The maximum atomic E-state index is 10.8. The van der Waals surface area contributed by atoms with Crippen LogP contribution in [0.2, 0.25) is 0 Å². The van der Waals surface area contributed by atoms with Crippen molar-refractivity contribution in [1.29, 1.82) is 0 Å². The van der Waals surface area contributed by atoms with Gasteiger partial charge in [0.15, 0.2) is 0 Å². The van der Waals surface area contributed by atoms with E-state index in [1.54, 1.807) is 12.1 Å². The fraction of sp³-hybridized carbons (Fsp3) is 0.500. The summed E-state index contributed by atoms with van der Waals surface area (Å²) in [5.74, 6) is 0. The fourth-order valence-electron chi connectivity index (χ4n) is 1.71. The van der Waals surface area contributed by atoms with Gasteiger partial charge in [0.2, 0.25) is 0 Å². The topological polar surface area (TPSA) is 66.6 Å². The Balaban J connectivity index is 2.89. The number of halogens is 1. The number of nitro benzene ring substituents is 1. The van der Waals surface area contributed by atoms with Crippen LogP contribution >= 0.6 is 15.9 Å². The standard InChI is InChI=1S/C12H17BrN2O3/c1-3-14(4-2)8-12(16)9-5-6-10(13)11(7-9)15(17)18/h5-7,12,16H,3-4,8H2,1-2H3. The van der Waals surface area contributed by atoms with E-state index in [0.29, 0.717) is 16.6 Å². The highest BCUT2D eigenvalue weighted by atomic mass is 79.9. The van der Waals surface area contributed by atoms with E-state index in [-0.39, 0.29) is 5.69 Å². The van der Waals surface area contributed by atoms with Crippen molar-refractivity contribution in [2.45, 2.75) is 20.0 Å². The minimum Gasteiger partial charge on any atom is -0.387 e. The smallest absolute Gasteiger partial charge is 0.283 e. The molecule has 0 radical (unpaired) electrons. The summed E-state index contributed by atoms with van der Waals surface area (Å²) in [5.41, 5.74) is 0.544. The lowest BCUT2D eigenvalue weighted by Crippen LogP contribution is -2.28. The molecule has 1 rings (SSSR count). The summed E-state index contributed by atoms with van der Waals surface area (Å²) in [7, 11) is 0. The van der Waals surface area contributed by atoms with Crippen LogP contribution < -0.4 is 0 Å². The second kappa shape index (κ2) is 6.82. The first-order valence-electron chi connectivity index (χ1n) is 5.83. The van der Waals surface area contributed by atoms with Crippen LogP contribution in [0.15, 0.2) is 22.7 Å². The summed E-state index contributed by atoms with van der Waals surface area (Å²) < 4.78 is 0.422.